The minimum atomic E-state index is -0.203. The molecule has 3 aromatic rings. The van der Waals surface area contributed by atoms with Gasteiger partial charge in [0.05, 0.1) is 17.6 Å². The first-order valence-corrected chi connectivity index (χ1v) is 6.97. The first kappa shape index (κ1) is 13.8. The van der Waals surface area contributed by atoms with E-state index in [0.29, 0.717) is 6.54 Å². The summed E-state index contributed by atoms with van der Waals surface area (Å²) in [4.78, 5) is 6.79. The fraction of sp³-hybridized carbons (Fsp3) is 0.235. The standard InChI is InChI=1S/C17H18FN3/c1-20(2)12-17-19-15-8-3-4-9-16(15)21(17)11-13-6-5-7-14(18)10-13/h3-10H,11-12H2,1-2H3. The van der Waals surface area contributed by atoms with Crippen LogP contribution in [0.2, 0.25) is 0 Å². The van der Waals surface area contributed by atoms with Gasteiger partial charge in [-0.15, -0.1) is 0 Å². The molecule has 0 aliphatic carbocycles. The summed E-state index contributed by atoms with van der Waals surface area (Å²) in [7, 11) is 4.04. The number of hydrogen-bond donors (Lipinski definition) is 0. The molecule has 4 heteroatoms. The molecule has 0 radical (unpaired) electrons. The van der Waals surface area contributed by atoms with E-state index in [2.05, 4.69) is 15.5 Å². The van der Waals surface area contributed by atoms with Gasteiger partial charge in [0, 0.05) is 6.54 Å². The van der Waals surface area contributed by atoms with E-state index >= 15 is 0 Å². The maximum Gasteiger partial charge on any atom is 0.124 e. The number of hydrogen-bond acceptors (Lipinski definition) is 2. The Morgan fingerprint density at radius 1 is 1.10 bits per heavy atom. The normalized spacial score (nSPS) is 11.4. The molecule has 0 aliphatic rings. The molecule has 0 unspecified atom stereocenters. The van der Waals surface area contributed by atoms with Crippen molar-refractivity contribution in [3.63, 3.8) is 0 Å². The quantitative estimate of drug-likeness (QED) is 0.732. The number of aromatic nitrogens is 2. The van der Waals surface area contributed by atoms with Crippen LogP contribution in [0.3, 0.4) is 0 Å². The minimum Gasteiger partial charge on any atom is -0.322 e. The summed E-state index contributed by atoms with van der Waals surface area (Å²) in [6.45, 7) is 1.38. The molecule has 0 aliphatic heterocycles. The lowest BCUT2D eigenvalue weighted by atomic mass is 10.2. The Balaban J connectivity index is 2.06. The van der Waals surface area contributed by atoms with Crippen molar-refractivity contribution in [2.24, 2.45) is 0 Å². The molecule has 0 saturated heterocycles. The summed E-state index contributed by atoms with van der Waals surface area (Å²) in [5, 5.41) is 0. The van der Waals surface area contributed by atoms with Crippen LogP contribution < -0.4 is 0 Å². The second-order valence-corrected chi connectivity index (χ2v) is 5.47. The number of benzene rings is 2. The maximum absolute atomic E-state index is 13.4. The van der Waals surface area contributed by atoms with Crippen LogP contribution in [-0.4, -0.2) is 28.5 Å². The van der Waals surface area contributed by atoms with Crippen LogP contribution in [0.25, 0.3) is 11.0 Å². The van der Waals surface area contributed by atoms with Crippen LogP contribution in [0, 0.1) is 5.82 Å². The Bertz CT molecular complexity index is 762. The van der Waals surface area contributed by atoms with Gasteiger partial charge in [-0.1, -0.05) is 24.3 Å². The molecule has 1 aromatic heterocycles. The molecule has 3 nitrogen and oxygen atoms in total. The van der Waals surface area contributed by atoms with E-state index in [4.69, 9.17) is 4.98 Å². The van der Waals surface area contributed by atoms with Crippen LogP contribution >= 0.6 is 0 Å². The molecule has 0 spiro atoms. The Hall–Kier alpha value is -2.20. The molecule has 2 aromatic carbocycles. The Labute approximate surface area is 123 Å². The van der Waals surface area contributed by atoms with Crippen molar-refractivity contribution >= 4 is 11.0 Å². The topological polar surface area (TPSA) is 21.1 Å². The van der Waals surface area contributed by atoms with Crippen LogP contribution in [0.1, 0.15) is 11.4 Å². The van der Waals surface area contributed by atoms with Gasteiger partial charge in [-0.2, -0.15) is 0 Å². The van der Waals surface area contributed by atoms with E-state index in [9.17, 15) is 4.39 Å². The SMILES string of the molecule is CN(C)Cc1nc2ccccc2n1Cc1cccc(F)c1. The average Bonchev–Trinajstić information content (AvgIpc) is 2.76. The van der Waals surface area contributed by atoms with Crippen LogP contribution in [0.15, 0.2) is 48.5 Å². The fourth-order valence-electron chi connectivity index (χ4n) is 2.52. The number of fused-ring (bicyclic) bond motifs is 1. The molecule has 108 valence electrons. The highest BCUT2D eigenvalue weighted by molar-refractivity contribution is 5.76. The van der Waals surface area contributed by atoms with Gasteiger partial charge in [-0.25, -0.2) is 9.37 Å². The molecule has 0 saturated carbocycles. The van der Waals surface area contributed by atoms with Crippen molar-refractivity contribution in [2.75, 3.05) is 14.1 Å². The summed E-state index contributed by atoms with van der Waals surface area (Å²) in [5.41, 5.74) is 3.00. The van der Waals surface area contributed by atoms with E-state index in [1.807, 2.05) is 38.4 Å². The van der Waals surface area contributed by atoms with E-state index in [-0.39, 0.29) is 5.82 Å². The fourth-order valence-corrected chi connectivity index (χ4v) is 2.52. The van der Waals surface area contributed by atoms with Crippen molar-refractivity contribution in [3.8, 4) is 0 Å². The summed E-state index contributed by atoms with van der Waals surface area (Å²) >= 11 is 0. The molecule has 0 fully saturated rings. The Kier molecular flexibility index (Phi) is 3.71. The van der Waals surface area contributed by atoms with Gasteiger partial charge in [-0.05, 0) is 43.9 Å². The lowest BCUT2D eigenvalue weighted by Crippen LogP contribution is -2.16. The molecular weight excluding hydrogens is 265 g/mol. The number of para-hydroxylation sites is 2. The molecule has 0 amide bonds. The van der Waals surface area contributed by atoms with Crippen molar-refractivity contribution in [3.05, 3.63) is 65.7 Å². The van der Waals surface area contributed by atoms with Gasteiger partial charge in [0.15, 0.2) is 0 Å². The van der Waals surface area contributed by atoms with E-state index < -0.39 is 0 Å². The van der Waals surface area contributed by atoms with Gasteiger partial charge >= 0.3 is 0 Å². The highest BCUT2D eigenvalue weighted by Crippen LogP contribution is 2.19. The molecule has 1 heterocycles. The number of imidazole rings is 1. The lowest BCUT2D eigenvalue weighted by Gasteiger charge is -2.13. The zero-order chi connectivity index (χ0) is 14.8. The predicted molar refractivity (Wildman–Crippen MR) is 82.6 cm³/mol. The minimum absolute atomic E-state index is 0.203. The third-order valence-electron chi connectivity index (χ3n) is 3.42. The van der Waals surface area contributed by atoms with Gasteiger partial charge in [0.25, 0.3) is 0 Å². The lowest BCUT2D eigenvalue weighted by molar-refractivity contribution is 0.384. The first-order chi connectivity index (χ1) is 10.1. The summed E-state index contributed by atoms with van der Waals surface area (Å²) in [6.07, 6.45) is 0. The summed E-state index contributed by atoms with van der Waals surface area (Å²) in [5.74, 6) is 0.788. The third kappa shape index (κ3) is 2.95. The van der Waals surface area contributed by atoms with E-state index in [1.165, 1.54) is 6.07 Å². The molecule has 0 atom stereocenters. The largest absolute Gasteiger partial charge is 0.322 e. The predicted octanol–water partition coefficient (Wildman–Crippen LogP) is 3.29. The smallest absolute Gasteiger partial charge is 0.124 e. The van der Waals surface area contributed by atoms with Crippen LogP contribution in [0.5, 0.6) is 0 Å². The van der Waals surface area contributed by atoms with Gasteiger partial charge in [0.1, 0.15) is 11.6 Å². The van der Waals surface area contributed by atoms with Crippen molar-refractivity contribution in [1.82, 2.24) is 14.5 Å². The maximum atomic E-state index is 13.4. The second kappa shape index (κ2) is 5.66. The van der Waals surface area contributed by atoms with Gasteiger partial charge in [-0.3, -0.25) is 0 Å². The van der Waals surface area contributed by atoms with Gasteiger partial charge in [0.2, 0.25) is 0 Å². The average molecular weight is 283 g/mol. The van der Waals surface area contributed by atoms with Crippen molar-refractivity contribution in [2.45, 2.75) is 13.1 Å². The number of nitrogens with zero attached hydrogens (tertiary/aromatic N) is 3. The van der Waals surface area contributed by atoms with Crippen molar-refractivity contribution in [1.29, 1.82) is 0 Å². The second-order valence-electron chi connectivity index (χ2n) is 5.47. The molecular formula is C17H18FN3. The van der Waals surface area contributed by atoms with E-state index in [1.54, 1.807) is 12.1 Å². The molecule has 21 heavy (non-hydrogen) atoms. The number of halogens is 1. The molecule has 3 rings (SSSR count). The van der Waals surface area contributed by atoms with Gasteiger partial charge < -0.3 is 9.47 Å². The zero-order valence-corrected chi connectivity index (χ0v) is 12.3. The van der Waals surface area contributed by atoms with Crippen LogP contribution in [0.4, 0.5) is 4.39 Å². The zero-order valence-electron chi connectivity index (χ0n) is 12.3. The molecule has 0 N–H and O–H groups in total. The number of rotatable bonds is 4. The summed E-state index contributed by atoms with van der Waals surface area (Å²) in [6, 6.07) is 14.8. The van der Waals surface area contributed by atoms with Crippen molar-refractivity contribution < 1.29 is 4.39 Å². The Morgan fingerprint density at radius 3 is 2.67 bits per heavy atom. The Morgan fingerprint density at radius 2 is 1.90 bits per heavy atom. The first-order valence-electron chi connectivity index (χ1n) is 6.97. The van der Waals surface area contributed by atoms with E-state index in [0.717, 1.165) is 29.0 Å². The van der Waals surface area contributed by atoms with Crippen LogP contribution in [-0.2, 0) is 13.1 Å². The monoisotopic (exact) mass is 283 g/mol. The molecule has 0 bridgehead atoms. The highest BCUT2D eigenvalue weighted by atomic mass is 19.1. The summed E-state index contributed by atoms with van der Waals surface area (Å²) < 4.78 is 15.5. The third-order valence-corrected chi connectivity index (χ3v) is 3.42. The highest BCUT2D eigenvalue weighted by Gasteiger charge is 2.11.